The van der Waals surface area contributed by atoms with E-state index in [-0.39, 0.29) is 18.1 Å². The fraction of sp³-hybridized carbons (Fsp3) is 0.467. The van der Waals surface area contributed by atoms with Gasteiger partial charge >= 0.3 is 0 Å². The number of aromatic nitrogens is 4. The summed E-state index contributed by atoms with van der Waals surface area (Å²) in [6.45, 7) is 4.69. The number of ether oxygens (including phenoxy) is 1. The second-order valence-corrected chi connectivity index (χ2v) is 5.57. The van der Waals surface area contributed by atoms with Crippen LogP contribution in [0.25, 0.3) is 5.69 Å². The molecule has 0 bridgehead atoms. The molecular formula is C15H19N5O2. The minimum absolute atomic E-state index is 0.00879. The van der Waals surface area contributed by atoms with Crippen LogP contribution in [0.4, 0.5) is 0 Å². The maximum absolute atomic E-state index is 12.3. The van der Waals surface area contributed by atoms with Crippen LogP contribution in [-0.2, 0) is 4.74 Å². The summed E-state index contributed by atoms with van der Waals surface area (Å²) in [4.78, 5) is 12.3. The quantitative estimate of drug-likeness (QED) is 0.919. The highest BCUT2D eigenvalue weighted by atomic mass is 16.5. The number of benzene rings is 1. The van der Waals surface area contributed by atoms with Gasteiger partial charge in [-0.05, 0) is 60.9 Å². The average molecular weight is 301 g/mol. The fourth-order valence-corrected chi connectivity index (χ4v) is 2.71. The lowest BCUT2D eigenvalue weighted by Crippen LogP contribution is -2.40. The fourth-order valence-electron chi connectivity index (χ4n) is 2.71. The highest BCUT2D eigenvalue weighted by Crippen LogP contribution is 2.17. The van der Waals surface area contributed by atoms with Crippen LogP contribution < -0.4 is 5.32 Å². The van der Waals surface area contributed by atoms with Gasteiger partial charge in [-0.1, -0.05) is 0 Å². The van der Waals surface area contributed by atoms with Crippen molar-refractivity contribution in [3.8, 4) is 5.69 Å². The third-order valence-corrected chi connectivity index (χ3v) is 3.94. The van der Waals surface area contributed by atoms with Crippen molar-refractivity contribution in [2.24, 2.45) is 0 Å². The zero-order valence-corrected chi connectivity index (χ0v) is 12.7. The van der Waals surface area contributed by atoms with Gasteiger partial charge in [0.2, 0.25) is 0 Å². The summed E-state index contributed by atoms with van der Waals surface area (Å²) in [6, 6.07) is 5.47. The predicted octanol–water partition coefficient (Wildman–Crippen LogP) is 1.27. The van der Waals surface area contributed by atoms with Crippen LogP contribution >= 0.6 is 0 Å². The largest absolute Gasteiger partial charge is 0.376 e. The van der Waals surface area contributed by atoms with Crippen LogP contribution in [0.1, 0.15) is 35.7 Å². The van der Waals surface area contributed by atoms with Crippen molar-refractivity contribution < 1.29 is 9.53 Å². The molecule has 116 valence electrons. The summed E-state index contributed by atoms with van der Waals surface area (Å²) < 4.78 is 7.18. The van der Waals surface area contributed by atoms with Crippen molar-refractivity contribution in [1.29, 1.82) is 0 Å². The van der Waals surface area contributed by atoms with Crippen LogP contribution in [0.2, 0.25) is 0 Å². The molecule has 7 heteroatoms. The highest BCUT2D eigenvalue weighted by Gasteiger charge is 2.24. The Morgan fingerprint density at radius 3 is 3.00 bits per heavy atom. The second kappa shape index (κ2) is 6.23. The molecular weight excluding hydrogens is 282 g/mol. The molecule has 7 nitrogen and oxygen atoms in total. The maximum atomic E-state index is 12.3. The second-order valence-electron chi connectivity index (χ2n) is 5.57. The van der Waals surface area contributed by atoms with E-state index in [2.05, 4.69) is 20.8 Å². The summed E-state index contributed by atoms with van der Waals surface area (Å²) in [5, 5.41) is 14.1. The number of amides is 1. The lowest BCUT2D eigenvalue weighted by atomic mass is 10.1. The van der Waals surface area contributed by atoms with Crippen molar-refractivity contribution in [2.45, 2.75) is 38.8 Å². The monoisotopic (exact) mass is 301 g/mol. The van der Waals surface area contributed by atoms with Crippen molar-refractivity contribution >= 4 is 5.91 Å². The summed E-state index contributed by atoms with van der Waals surface area (Å²) >= 11 is 0. The number of tetrazole rings is 1. The van der Waals surface area contributed by atoms with E-state index >= 15 is 0 Å². The molecule has 1 N–H and O–H groups in total. The standard InChI is InChI=1S/C15H19N5O2/c1-10-8-12(5-6-13(10)20-9-16-18-19-20)15(21)17-11(2)14-4-3-7-22-14/h5-6,8-9,11,14H,3-4,7H2,1-2H3,(H,17,21)/t11-,14+/m1/s1. The zero-order valence-electron chi connectivity index (χ0n) is 12.7. The number of nitrogens with one attached hydrogen (secondary N) is 1. The Balaban J connectivity index is 1.71. The Labute approximate surface area is 128 Å². The van der Waals surface area contributed by atoms with Gasteiger partial charge in [-0.2, -0.15) is 0 Å². The van der Waals surface area contributed by atoms with Crippen molar-refractivity contribution in [2.75, 3.05) is 6.61 Å². The van der Waals surface area contributed by atoms with Gasteiger partial charge in [-0.3, -0.25) is 4.79 Å². The molecule has 2 aromatic rings. The van der Waals surface area contributed by atoms with E-state index in [0.29, 0.717) is 5.56 Å². The zero-order chi connectivity index (χ0) is 15.5. The molecule has 1 fully saturated rings. The Hall–Kier alpha value is -2.28. The lowest BCUT2D eigenvalue weighted by molar-refractivity contribution is 0.0712. The summed E-state index contributed by atoms with van der Waals surface area (Å²) in [7, 11) is 0. The molecule has 2 atom stereocenters. The molecule has 1 amide bonds. The predicted molar refractivity (Wildman–Crippen MR) is 79.8 cm³/mol. The molecule has 1 aromatic carbocycles. The third kappa shape index (κ3) is 2.99. The van der Waals surface area contributed by atoms with Gasteiger partial charge in [0.15, 0.2) is 0 Å². The normalized spacial score (nSPS) is 19.1. The minimum atomic E-state index is -0.0886. The van der Waals surface area contributed by atoms with Gasteiger partial charge in [0.25, 0.3) is 5.91 Å². The molecule has 0 spiro atoms. The van der Waals surface area contributed by atoms with E-state index in [4.69, 9.17) is 4.74 Å². The van der Waals surface area contributed by atoms with Crippen LogP contribution in [0.15, 0.2) is 24.5 Å². The Bertz CT molecular complexity index is 650. The number of hydrogen-bond acceptors (Lipinski definition) is 5. The van der Waals surface area contributed by atoms with Gasteiger partial charge in [0.05, 0.1) is 17.8 Å². The van der Waals surface area contributed by atoms with Gasteiger partial charge in [-0.15, -0.1) is 5.10 Å². The van der Waals surface area contributed by atoms with Gasteiger partial charge in [0, 0.05) is 12.2 Å². The number of carbonyl (C=O) groups is 1. The number of rotatable bonds is 4. The molecule has 0 aliphatic carbocycles. The molecule has 1 saturated heterocycles. The average Bonchev–Trinajstić information content (AvgIpc) is 3.20. The van der Waals surface area contributed by atoms with Gasteiger partial charge in [-0.25, -0.2) is 4.68 Å². The molecule has 0 radical (unpaired) electrons. The lowest BCUT2D eigenvalue weighted by Gasteiger charge is -2.20. The first kappa shape index (κ1) is 14.6. The topological polar surface area (TPSA) is 81.9 Å². The van der Waals surface area contributed by atoms with E-state index in [1.165, 1.54) is 6.33 Å². The summed E-state index contributed by atoms with van der Waals surface area (Å²) in [5.74, 6) is -0.0886. The van der Waals surface area contributed by atoms with Crippen LogP contribution in [0, 0.1) is 6.92 Å². The Morgan fingerprint density at radius 1 is 1.50 bits per heavy atom. The smallest absolute Gasteiger partial charge is 0.251 e. The SMILES string of the molecule is Cc1cc(C(=O)N[C@H](C)[C@@H]2CCCO2)ccc1-n1cnnn1. The van der Waals surface area contributed by atoms with Crippen LogP contribution in [-0.4, -0.2) is 44.9 Å². The molecule has 1 aliphatic heterocycles. The van der Waals surface area contributed by atoms with Crippen LogP contribution in [0.5, 0.6) is 0 Å². The molecule has 1 aromatic heterocycles. The number of aryl methyl sites for hydroxylation is 1. The van der Waals surface area contributed by atoms with E-state index in [1.54, 1.807) is 10.7 Å². The first-order valence-corrected chi connectivity index (χ1v) is 7.41. The molecule has 3 rings (SSSR count). The third-order valence-electron chi connectivity index (χ3n) is 3.94. The maximum Gasteiger partial charge on any atom is 0.251 e. The van der Waals surface area contributed by atoms with Gasteiger partial charge in [0.1, 0.15) is 6.33 Å². The highest BCUT2D eigenvalue weighted by molar-refractivity contribution is 5.94. The summed E-state index contributed by atoms with van der Waals surface area (Å²) in [5.41, 5.74) is 2.41. The first-order chi connectivity index (χ1) is 10.6. The van der Waals surface area contributed by atoms with Crippen molar-refractivity contribution in [3.63, 3.8) is 0 Å². The molecule has 22 heavy (non-hydrogen) atoms. The minimum Gasteiger partial charge on any atom is -0.376 e. The molecule has 1 aliphatic rings. The molecule has 0 unspecified atom stereocenters. The van der Waals surface area contributed by atoms with E-state index < -0.39 is 0 Å². The van der Waals surface area contributed by atoms with Crippen LogP contribution in [0.3, 0.4) is 0 Å². The van der Waals surface area contributed by atoms with E-state index in [1.807, 2.05) is 26.0 Å². The number of carbonyl (C=O) groups excluding carboxylic acids is 1. The number of nitrogens with zero attached hydrogens (tertiary/aromatic N) is 4. The van der Waals surface area contributed by atoms with Crippen molar-refractivity contribution in [1.82, 2.24) is 25.5 Å². The molecule has 0 saturated carbocycles. The first-order valence-electron chi connectivity index (χ1n) is 7.41. The Kier molecular flexibility index (Phi) is 4.15. The van der Waals surface area contributed by atoms with Crippen molar-refractivity contribution in [3.05, 3.63) is 35.7 Å². The van der Waals surface area contributed by atoms with Gasteiger partial charge < -0.3 is 10.1 Å². The summed E-state index contributed by atoms with van der Waals surface area (Å²) in [6.07, 6.45) is 3.70. The Morgan fingerprint density at radius 2 is 2.36 bits per heavy atom. The van der Waals surface area contributed by atoms with E-state index in [0.717, 1.165) is 30.7 Å². The van der Waals surface area contributed by atoms with E-state index in [9.17, 15) is 4.79 Å². The molecule has 2 heterocycles. The number of hydrogen-bond donors (Lipinski definition) is 1.